The molecule has 3 nitrogen and oxygen atoms in total. The maximum Gasteiger partial charge on any atom is 0.0934 e. The van der Waals surface area contributed by atoms with Crippen molar-refractivity contribution in [2.75, 3.05) is 0 Å². The second kappa shape index (κ2) is 3.81. The SMILES string of the molecule is N#CC=C(N)c1ccc2ccccc2n1. The van der Waals surface area contributed by atoms with Gasteiger partial charge in [0.25, 0.3) is 0 Å². The van der Waals surface area contributed by atoms with Gasteiger partial charge in [0.15, 0.2) is 0 Å². The number of hydrogen-bond acceptors (Lipinski definition) is 3. The quantitative estimate of drug-likeness (QED) is 0.708. The minimum atomic E-state index is 0.392. The number of benzene rings is 1. The number of allylic oxidation sites excluding steroid dienone is 1. The van der Waals surface area contributed by atoms with Crippen LogP contribution < -0.4 is 5.73 Å². The lowest BCUT2D eigenvalue weighted by atomic mass is 10.2. The van der Waals surface area contributed by atoms with Crippen molar-refractivity contribution in [3.8, 4) is 6.07 Å². The summed E-state index contributed by atoms with van der Waals surface area (Å²) < 4.78 is 0. The van der Waals surface area contributed by atoms with Crippen LogP contribution in [0, 0.1) is 11.3 Å². The fourth-order valence-electron chi connectivity index (χ4n) is 1.37. The molecule has 0 amide bonds. The molecule has 0 radical (unpaired) electrons. The largest absolute Gasteiger partial charge is 0.396 e. The molecule has 15 heavy (non-hydrogen) atoms. The molecule has 0 spiro atoms. The van der Waals surface area contributed by atoms with Gasteiger partial charge in [0.2, 0.25) is 0 Å². The maximum atomic E-state index is 8.48. The van der Waals surface area contributed by atoms with E-state index in [1.54, 1.807) is 0 Å². The Morgan fingerprint density at radius 1 is 1.27 bits per heavy atom. The Morgan fingerprint density at radius 2 is 2.07 bits per heavy atom. The zero-order valence-corrected chi connectivity index (χ0v) is 8.01. The Balaban J connectivity index is 2.57. The highest BCUT2D eigenvalue weighted by molar-refractivity contribution is 5.80. The number of hydrogen-bond donors (Lipinski definition) is 1. The molecule has 2 aromatic rings. The molecule has 0 aliphatic rings. The molecule has 0 fully saturated rings. The number of rotatable bonds is 1. The highest BCUT2D eigenvalue weighted by Gasteiger charge is 1.99. The lowest BCUT2D eigenvalue weighted by Gasteiger charge is -2.01. The van der Waals surface area contributed by atoms with Gasteiger partial charge < -0.3 is 5.73 Å². The van der Waals surface area contributed by atoms with Crippen LogP contribution in [0.2, 0.25) is 0 Å². The predicted octanol–water partition coefficient (Wildman–Crippen LogP) is 2.06. The summed E-state index contributed by atoms with van der Waals surface area (Å²) in [4.78, 5) is 4.35. The van der Waals surface area contributed by atoms with Gasteiger partial charge in [-0.1, -0.05) is 24.3 Å². The average molecular weight is 195 g/mol. The molecule has 3 heteroatoms. The Labute approximate surface area is 87.5 Å². The number of nitriles is 1. The second-order valence-corrected chi connectivity index (χ2v) is 3.12. The molecule has 0 aliphatic carbocycles. The summed E-state index contributed by atoms with van der Waals surface area (Å²) in [6.45, 7) is 0. The molecule has 2 rings (SSSR count). The van der Waals surface area contributed by atoms with Gasteiger partial charge in [-0.2, -0.15) is 5.26 Å². The van der Waals surface area contributed by atoms with Crippen molar-refractivity contribution in [3.05, 3.63) is 48.2 Å². The molecule has 0 unspecified atom stereocenters. The van der Waals surface area contributed by atoms with Gasteiger partial charge in [-0.3, -0.25) is 0 Å². The van der Waals surface area contributed by atoms with Crippen LogP contribution in [-0.4, -0.2) is 4.98 Å². The van der Waals surface area contributed by atoms with E-state index in [0.29, 0.717) is 11.4 Å². The molecule has 0 aliphatic heterocycles. The lowest BCUT2D eigenvalue weighted by molar-refractivity contribution is 1.32. The van der Waals surface area contributed by atoms with Crippen LogP contribution >= 0.6 is 0 Å². The van der Waals surface area contributed by atoms with E-state index in [0.717, 1.165) is 10.9 Å². The van der Waals surface area contributed by atoms with Gasteiger partial charge in [-0.15, -0.1) is 0 Å². The summed E-state index contributed by atoms with van der Waals surface area (Å²) in [5, 5.41) is 9.54. The van der Waals surface area contributed by atoms with Gasteiger partial charge in [-0.05, 0) is 12.1 Å². The topological polar surface area (TPSA) is 62.7 Å². The van der Waals surface area contributed by atoms with Crippen LogP contribution in [0.3, 0.4) is 0 Å². The Kier molecular flexibility index (Phi) is 2.34. The Morgan fingerprint density at radius 3 is 2.87 bits per heavy atom. The number of para-hydroxylation sites is 1. The number of nitrogens with two attached hydrogens (primary N) is 1. The van der Waals surface area contributed by atoms with Crippen LogP contribution in [0.25, 0.3) is 16.6 Å². The third kappa shape index (κ3) is 1.79. The van der Waals surface area contributed by atoms with E-state index in [1.807, 2.05) is 42.5 Å². The fraction of sp³-hybridized carbons (Fsp3) is 0. The minimum Gasteiger partial charge on any atom is -0.396 e. The third-order valence-electron chi connectivity index (χ3n) is 2.11. The van der Waals surface area contributed by atoms with Crippen molar-refractivity contribution in [2.24, 2.45) is 5.73 Å². The second-order valence-electron chi connectivity index (χ2n) is 3.12. The van der Waals surface area contributed by atoms with Crippen LogP contribution in [-0.2, 0) is 0 Å². The molecular weight excluding hydrogens is 186 g/mol. The smallest absolute Gasteiger partial charge is 0.0934 e. The van der Waals surface area contributed by atoms with E-state index in [4.69, 9.17) is 11.0 Å². The first-order valence-corrected chi connectivity index (χ1v) is 4.52. The van der Waals surface area contributed by atoms with Gasteiger partial charge >= 0.3 is 0 Å². The van der Waals surface area contributed by atoms with Crippen molar-refractivity contribution in [2.45, 2.75) is 0 Å². The van der Waals surface area contributed by atoms with E-state index in [1.165, 1.54) is 6.08 Å². The first-order chi connectivity index (χ1) is 7.31. The van der Waals surface area contributed by atoms with E-state index in [9.17, 15) is 0 Å². The van der Waals surface area contributed by atoms with Gasteiger partial charge in [-0.25, -0.2) is 4.98 Å². The fourth-order valence-corrected chi connectivity index (χ4v) is 1.37. The van der Waals surface area contributed by atoms with Crippen LogP contribution in [0.15, 0.2) is 42.5 Å². The minimum absolute atomic E-state index is 0.392. The number of nitrogens with zero attached hydrogens (tertiary/aromatic N) is 2. The highest BCUT2D eigenvalue weighted by atomic mass is 14.7. The van der Waals surface area contributed by atoms with Crippen molar-refractivity contribution >= 4 is 16.6 Å². The van der Waals surface area contributed by atoms with E-state index in [-0.39, 0.29) is 0 Å². The van der Waals surface area contributed by atoms with E-state index < -0.39 is 0 Å². The zero-order valence-electron chi connectivity index (χ0n) is 8.01. The summed E-state index contributed by atoms with van der Waals surface area (Å²) in [5.74, 6) is 0. The molecule has 72 valence electrons. The molecule has 1 aromatic heterocycles. The predicted molar refractivity (Wildman–Crippen MR) is 59.5 cm³/mol. The van der Waals surface area contributed by atoms with Crippen LogP contribution in [0.5, 0.6) is 0 Å². The molecular formula is C12H9N3. The van der Waals surface area contributed by atoms with Gasteiger partial charge in [0, 0.05) is 11.5 Å². The standard InChI is InChI=1S/C12H9N3/c13-8-7-10(14)12-6-5-9-3-1-2-4-11(9)15-12/h1-7H,14H2. The highest BCUT2D eigenvalue weighted by Crippen LogP contribution is 2.14. The monoisotopic (exact) mass is 195 g/mol. The summed E-state index contributed by atoms with van der Waals surface area (Å²) in [6.07, 6.45) is 1.29. The molecule has 0 saturated carbocycles. The molecule has 0 bridgehead atoms. The van der Waals surface area contributed by atoms with Gasteiger partial charge in [0.05, 0.1) is 23.0 Å². The first-order valence-electron chi connectivity index (χ1n) is 4.52. The first kappa shape index (κ1) is 9.22. The molecule has 1 heterocycles. The number of aromatic nitrogens is 1. The van der Waals surface area contributed by atoms with Gasteiger partial charge in [0.1, 0.15) is 0 Å². The summed E-state index contributed by atoms with van der Waals surface area (Å²) in [6, 6.07) is 13.4. The molecule has 0 atom stereocenters. The van der Waals surface area contributed by atoms with Crippen molar-refractivity contribution in [1.29, 1.82) is 5.26 Å². The average Bonchev–Trinajstić information content (AvgIpc) is 2.29. The van der Waals surface area contributed by atoms with Crippen LogP contribution in [0.4, 0.5) is 0 Å². The maximum absolute atomic E-state index is 8.48. The number of pyridine rings is 1. The summed E-state index contributed by atoms with van der Waals surface area (Å²) in [7, 11) is 0. The molecule has 1 aromatic carbocycles. The zero-order chi connectivity index (χ0) is 10.7. The summed E-state index contributed by atoms with van der Waals surface area (Å²) >= 11 is 0. The van der Waals surface area contributed by atoms with Crippen molar-refractivity contribution in [3.63, 3.8) is 0 Å². The Bertz CT molecular complexity index is 564. The number of fused-ring (bicyclic) bond motifs is 1. The molecule has 0 saturated heterocycles. The van der Waals surface area contributed by atoms with E-state index >= 15 is 0 Å². The van der Waals surface area contributed by atoms with Crippen LogP contribution in [0.1, 0.15) is 5.69 Å². The van der Waals surface area contributed by atoms with Crippen molar-refractivity contribution < 1.29 is 0 Å². The van der Waals surface area contributed by atoms with E-state index in [2.05, 4.69) is 4.98 Å². The third-order valence-corrected chi connectivity index (χ3v) is 2.11. The van der Waals surface area contributed by atoms with Crippen molar-refractivity contribution in [1.82, 2.24) is 4.98 Å². The molecule has 2 N–H and O–H groups in total. The lowest BCUT2D eigenvalue weighted by Crippen LogP contribution is -1.98. The Hall–Kier alpha value is -2.34. The summed E-state index contributed by atoms with van der Waals surface area (Å²) in [5.41, 5.74) is 7.58. The normalized spacial score (nSPS) is 11.3.